The van der Waals surface area contributed by atoms with Gasteiger partial charge in [-0.3, -0.25) is 9.69 Å². The van der Waals surface area contributed by atoms with Gasteiger partial charge in [-0.1, -0.05) is 12.1 Å². The standard InChI is InChI=1S/C19H23N5O3/c1-19(2,3)27-18(26)21-12-17(25)23-10-8-15(24-16(23)7-9-22-24)13-5-4-6-14(20)11-13/h4-9,11H,10,12,20H2,1-3H3,(H,21,26). The first kappa shape index (κ1) is 18.5. The highest BCUT2D eigenvalue weighted by Gasteiger charge is 2.26. The molecule has 0 bridgehead atoms. The van der Waals surface area contributed by atoms with E-state index in [4.69, 9.17) is 10.5 Å². The Morgan fingerprint density at radius 1 is 1.30 bits per heavy atom. The van der Waals surface area contributed by atoms with Gasteiger partial charge in [0.1, 0.15) is 18.0 Å². The van der Waals surface area contributed by atoms with Crippen molar-refractivity contribution < 1.29 is 14.3 Å². The van der Waals surface area contributed by atoms with E-state index < -0.39 is 11.7 Å². The predicted octanol–water partition coefficient (Wildman–Crippen LogP) is 2.23. The molecule has 1 aliphatic rings. The van der Waals surface area contributed by atoms with Gasteiger partial charge in [-0.15, -0.1) is 0 Å². The molecule has 27 heavy (non-hydrogen) atoms. The van der Waals surface area contributed by atoms with E-state index in [0.29, 0.717) is 18.1 Å². The second-order valence-corrected chi connectivity index (χ2v) is 7.18. The molecule has 3 N–H and O–H groups in total. The number of anilines is 2. The second-order valence-electron chi connectivity index (χ2n) is 7.18. The number of nitrogens with zero attached hydrogens (tertiary/aromatic N) is 3. The SMILES string of the molecule is CC(C)(C)OC(=O)NCC(=O)N1CC=C(c2cccc(N)c2)n2nccc21. The summed E-state index contributed by atoms with van der Waals surface area (Å²) in [6.45, 7) is 5.49. The van der Waals surface area contributed by atoms with Crippen molar-refractivity contribution in [2.24, 2.45) is 0 Å². The van der Waals surface area contributed by atoms with E-state index in [1.165, 1.54) is 0 Å². The number of aromatic nitrogens is 2. The Labute approximate surface area is 157 Å². The van der Waals surface area contributed by atoms with E-state index in [9.17, 15) is 9.59 Å². The molecule has 0 atom stereocenters. The van der Waals surface area contributed by atoms with Crippen LogP contribution < -0.4 is 16.0 Å². The number of benzene rings is 1. The second kappa shape index (κ2) is 7.14. The van der Waals surface area contributed by atoms with Crippen LogP contribution in [0.2, 0.25) is 0 Å². The van der Waals surface area contributed by atoms with Crippen molar-refractivity contribution in [2.75, 3.05) is 23.7 Å². The topological polar surface area (TPSA) is 102 Å². The summed E-state index contributed by atoms with van der Waals surface area (Å²) in [5, 5.41) is 6.81. The summed E-state index contributed by atoms with van der Waals surface area (Å²) in [4.78, 5) is 25.9. The molecule has 142 valence electrons. The number of fused-ring (bicyclic) bond motifs is 1. The Kier molecular flexibility index (Phi) is 4.89. The van der Waals surface area contributed by atoms with Gasteiger partial charge in [-0.05, 0) is 39.0 Å². The monoisotopic (exact) mass is 369 g/mol. The van der Waals surface area contributed by atoms with Crippen LogP contribution in [0.1, 0.15) is 26.3 Å². The number of hydrogen-bond donors (Lipinski definition) is 2. The first-order valence-corrected chi connectivity index (χ1v) is 8.62. The quantitative estimate of drug-likeness (QED) is 0.808. The Bertz CT molecular complexity index is 895. The number of nitrogens with one attached hydrogen (secondary N) is 1. The first-order valence-electron chi connectivity index (χ1n) is 8.62. The third kappa shape index (κ3) is 4.28. The van der Waals surface area contributed by atoms with Crippen LogP contribution >= 0.6 is 0 Å². The predicted molar refractivity (Wildman–Crippen MR) is 103 cm³/mol. The number of carbonyl (C=O) groups is 2. The molecule has 3 rings (SSSR count). The number of rotatable bonds is 3. The van der Waals surface area contributed by atoms with E-state index in [-0.39, 0.29) is 12.5 Å². The van der Waals surface area contributed by atoms with Crippen LogP contribution in [0.5, 0.6) is 0 Å². The normalized spacial score (nSPS) is 13.6. The molecule has 8 heteroatoms. The largest absolute Gasteiger partial charge is 0.444 e. The highest BCUT2D eigenvalue weighted by molar-refractivity contribution is 5.97. The fourth-order valence-electron chi connectivity index (χ4n) is 2.77. The molecule has 0 aliphatic carbocycles. The molecule has 0 unspecified atom stereocenters. The lowest BCUT2D eigenvalue weighted by molar-refractivity contribution is -0.117. The van der Waals surface area contributed by atoms with Crippen LogP contribution in [0.4, 0.5) is 16.3 Å². The molecule has 8 nitrogen and oxygen atoms in total. The van der Waals surface area contributed by atoms with Gasteiger partial charge in [-0.2, -0.15) is 5.10 Å². The molecule has 0 radical (unpaired) electrons. The number of alkyl carbamates (subject to hydrolysis) is 1. The van der Waals surface area contributed by atoms with Crippen LogP contribution in [0.25, 0.3) is 5.70 Å². The molecule has 1 aliphatic heterocycles. The van der Waals surface area contributed by atoms with Crippen LogP contribution in [0.3, 0.4) is 0 Å². The summed E-state index contributed by atoms with van der Waals surface area (Å²) < 4.78 is 6.84. The molecule has 1 aromatic carbocycles. The van der Waals surface area contributed by atoms with Crippen molar-refractivity contribution in [3.8, 4) is 0 Å². The van der Waals surface area contributed by atoms with Crippen molar-refractivity contribution in [3.63, 3.8) is 0 Å². The van der Waals surface area contributed by atoms with Crippen molar-refractivity contribution in [2.45, 2.75) is 26.4 Å². The molecule has 0 fully saturated rings. The molecule has 2 heterocycles. The number of ether oxygens (including phenoxy) is 1. The summed E-state index contributed by atoms with van der Waals surface area (Å²) in [6.07, 6.45) is 2.90. The zero-order chi connectivity index (χ0) is 19.6. The summed E-state index contributed by atoms with van der Waals surface area (Å²) in [7, 11) is 0. The maximum atomic E-state index is 12.6. The van der Waals surface area contributed by atoms with Crippen molar-refractivity contribution in [1.82, 2.24) is 15.1 Å². The molecular formula is C19H23N5O3. The molecule has 2 aromatic rings. The van der Waals surface area contributed by atoms with Crippen LogP contribution in [0, 0.1) is 0 Å². The summed E-state index contributed by atoms with van der Waals surface area (Å²) in [5.74, 6) is 0.372. The van der Waals surface area contributed by atoms with Gasteiger partial charge < -0.3 is 15.8 Å². The third-order valence-electron chi connectivity index (χ3n) is 3.86. The van der Waals surface area contributed by atoms with Crippen LogP contribution in [0.15, 0.2) is 42.6 Å². The summed E-state index contributed by atoms with van der Waals surface area (Å²) in [6, 6.07) is 9.24. The Morgan fingerprint density at radius 2 is 2.07 bits per heavy atom. The van der Waals surface area contributed by atoms with E-state index in [1.807, 2.05) is 30.3 Å². The lowest BCUT2D eigenvalue weighted by Gasteiger charge is -2.28. The number of nitrogens with two attached hydrogens (primary N) is 1. The fraction of sp³-hybridized carbons (Fsp3) is 0.316. The minimum atomic E-state index is -0.627. The molecule has 1 aromatic heterocycles. The van der Waals surface area contributed by atoms with Gasteiger partial charge in [-0.25, -0.2) is 9.48 Å². The number of hydrogen-bond acceptors (Lipinski definition) is 5. The molecule has 2 amide bonds. The Balaban J connectivity index is 1.73. The lowest BCUT2D eigenvalue weighted by atomic mass is 10.1. The van der Waals surface area contributed by atoms with E-state index in [2.05, 4.69) is 10.4 Å². The molecule has 0 saturated heterocycles. The maximum absolute atomic E-state index is 12.6. The van der Waals surface area contributed by atoms with Crippen molar-refractivity contribution in [3.05, 3.63) is 48.2 Å². The van der Waals surface area contributed by atoms with Gasteiger partial charge in [0.05, 0.1) is 11.9 Å². The molecule has 0 spiro atoms. The first-order chi connectivity index (χ1) is 12.7. The van der Waals surface area contributed by atoms with Crippen LogP contribution in [-0.2, 0) is 9.53 Å². The van der Waals surface area contributed by atoms with E-state index >= 15 is 0 Å². The van der Waals surface area contributed by atoms with Gasteiger partial charge in [0, 0.05) is 23.9 Å². The average molecular weight is 369 g/mol. The smallest absolute Gasteiger partial charge is 0.408 e. The van der Waals surface area contributed by atoms with E-state index in [1.54, 1.807) is 42.6 Å². The van der Waals surface area contributed by atoms with Crippen molar-refractivity contribution in [1.29, 1.82) is 0 Å². The summed E-state index contributed by atoms with van der Waals surface area (Å²) >= 11 is 0. The highest BCUT2D eigenvalue weighted by Crippen LogP contribution is 2.28. The zero-order valence-electron chi connectivity index (χ0n) is 15.6. The third-order valence-corrected chi connectivity index (χ3v) is 3.86. The Morgan fingerprint density at radius 3 is 2.78 bits per heavy atom. The maximum Gasteiger partial charge on any atom is 0.408 e. The minimum absolute atomic E-state index is 0.165. The fourth-order valence-corrected chi connectivity index (χ4v) is 2.77. The minimum Gasteiger partial charge on any atom is -0.444 e. The van der Waals surface area contributed by atoms with Gasteiger partial charge >= 0.3 is 6.09 Å². The van der Waals surface area contributed by atoms with Crippen LogP contribution in [-0.4, -0.2) is 40.5 Å². The lowest BCUT2D eigenvalue weighted by Crippen LogP contribution is -2.43. The zero-order valence-corrected chi connectivity index (χ0v) is 15.6. The number of carbonyl (C=O) groups excluding carboxylic acids is 2. The van der Waals surface area contributed by atoms with E-state index in [0.717, 1.165) is 11.3 Å². The van der Waals surface area contributed by atoms with Crippen molar-refractivity contribution >= 4 is 29.2 Å². The van der Waals surface area contributed by atoms with Gasteiger partial charge in [0.2, 0.25) is 5.91 Å². The van der Waals surface area contributed by atoms with Gasteiger partial charge in [0.25, 0.3) is 0 Å². The highest BCUT2D eigenvalue weighted by atomic mass is 16.6. The number of amides is 2. The van der Waals surface area contributed by atoms with Gasteiger partial charge in [0.15, 0.2) is 0 Å². The molecular weight excluding hydrogens is 346 g/mol. The Hall–Kier alpha value is -3.29. The molecule has 0 saturated carbocycles. The number of nitrogen functional groups attached to an aromatic ring is 1. The average Bonchev–Trinajstić information content (AvgIpc) is 3.07. The summed E-state index contributed by atoms with van der Waals surface area (Å²) in [5.41, 5.74) is 7.68.